The summed E-state index contributed by atoms with van der Waals surface area (Å²) in [6.45, 7) is 25.7. The third-order valence-electron chi connectivity index (χ3n) is 7.77. The van der Waals surface area contributed by atoms with Crippen LogP contribution < -0.4 is 24.8 Å². The topological polar surface area (TPSA) is 6.48 Å². The third-order valence-corrected chi connectivity index (χ3v) is 7.77. The number of halogens is 2. The van der Waals surface area contributed by atoms with E-state index in [4.69, 9.17) is 0 Å². The van der Waals surface area contributed by atoms with Crippen LogP contribution in [-0.2, 0) is 0 Å². The maximum atomic E-state index is 2.48. The van der Waals surface area contributed by atoms with Crippen LogP contribution in [0.25, 0.3) is 0 Å². The van der Waals surface area contributed by atoms with Crippen LogP contribution in [-0.4, -0.2) is 111 Å². The predicted octanol–water partition coefficient (Wildman–Crippen LogP) is -1.29. The van der Waals surface area contributed by atoms with Crippen LogP contribution in [0.4, 0.5) is 0 Å². The van der Waals surface area contributed by atoms with E-state index < -0.39 is 0 Å². The SMILES string of the molecule is CCCC[N+]1(CCCC)CCN(C)CC1.CCCC[N+]1(CCCC)CCN(C)CC1.[Cl-].[Cl-]. The van der Waals surface area contributed by atoms with E-state index in [1.807, 2.05) is 0 Å². The molecule has 0 saturated carbocycles. The van der Waals surface area contributed by atoms with Crippen molar-refractivity contribution in [1.82, 2.24) is 9.80 Å². The van der Waals surface area contributed by atoms with Crippen molar-refractivity contribution < 1.29 is 33.8 Å². The molecule has 0 aromatic carbocycles. The van der Waals surface area contributed by atoms with Gasteiger partial charge >= 0.3 is 0 Å². The number of hydrogen-bond donors (Lipinski definition) is 0. The lowest BCUT2D eigenvalue weighted by molar-refractivity contribution is -0.932. The molecule has 2 rings (SSSR count). The molecule has 196 valence electrons. The fourth-order valence-electron chi connectivity index (χ4n) is 5.07. The van der Waals surface area contributed by atoms with Gasteiger partial charge in [0.2, 0.25) is 0 Å². The monoisotopic (exact) mass is 496 g/mol. The molecule has 0 spiro atoms. The number of hydrogen-bond acceptors (Lipinski definition) is 2. The molecular formula is C26H58Cl2N4. The largest absolute Gasteiger partial charge is 1.00 e. The Bertz CT molecular complexity index is 334. The van der Waals surface area contributed by atoms with Gasteiger partial charge in [0.05, 0.1) is 52.4 Å². The normalized spacial score (nSPS) is 20.4. The number of unbranched alkanes of at least 4 members (excludes halogenated alkanes) is 4. The first-order valence-electron chi connectivity index (χ1n) is 13.5. The number of piperazine rings is 2. The molecular weight excluding hydrogens is 439 g/mol. The Morgan fingerprint density at radius 1 is 0.469 bits per heavy atom. The van der Waals surface area contributed by atoms with Gasteiger partial charge < -0.3 is 33.8 Å². The molecule has 0 N–H and O–H groups in total. The number of rotatable bonds is 12. The lowest BCUT2D eigenvalue weighted by Gasteiger charge is -2.44. The minimum Gasteiger partial charge on any atom is -1.00 e. The van der Waals surface area contributed by atoms with E-state index in [0.717, 1.165) is 0 Å². The van der Waals surface area contributed by atoms with Gasteiger partial charge in [-0.05, 0) is 39.8 Å². The van der Waals surface area contributed by atoms with Crippen molar-refractivity contribution in [3.8, 4) is 0 Å². The van der Waals surface area contributed by atoms with Gasteiger partial charge in [-0.25, -0.2) is 0 Å². The summed E-state index contributed by atoms with van der Waals surface area (Å²) < 4.78 is 2.82. The summed E-state index contributed by atoms with van der Waals surface area (Å²) >= 11 is 0. The van der Waals surface area contributed by atoms with E-state index in [-0.39, 0.29) is 24.8 Å². The first-order chi connectivity index (χ1) is 14.4. The van der Waals surface area contributed by atoms with Gasteiger partial charge in [0.25, 0.3) is 0 Å². The maximum absolute atomic E-state index is 2.48. The summed E-state index contributed by atoms with van der Waals surface area (Å²) in [6.07, 6.45) is 11.0. The fourth-order valence-corrected chi connectivity index (χ4v) is 5.07. The predicted molar refractivity (Wildman–Crippen MR) is 134 cm³/mol. The summed E-state index contributed by atoms with van der Waals surface area (Å²) in [5.74, 6) is 0. The van der Waals surface area contributed by atoms with Crippen LogP contribution in [0.5, 0.6) is 0 Å². The number of nitrogens with zero attached hydrogens (tertiary/aromatic N) is 4. The second kappa shape index (κ2) is 19.7. The Labute approximate surface area is 215 Å². The van der Waals surface area contributed by atoms with Gasteiger partial charge in [-0.3, -0.25) is 9.80 Å². The van der Waals surface area contributed by atoms with Gasteiger partial charge in [0.15, 0.2) is 0 Å². The van der Waals surface area contributed by atoms with Crippen molar-refractivity contribution in [2.24, 2.45) is 0 Å². The Morgan fingerprint density at radius 2 is 0.688 bits per heavy atom. The minimum absolute atomic E-state index is 0. The van der Waals surface area contributed by atoms with E-state index >= 15 is 0 Å². The van der Waals surface area contributed by atoms with Crippen LogP contribution >= 0.6 is 0 Å². The zero-order valence-corrected chi connectivity index (χ0v) is 24.2. The molecule has 2 fully saturated rings. The third kappa shape index (κ3) is 13.3. The van der Waals surface area contributed by atoms with Crippen molar-refractivity contribution in [2.45, 2.75) is 79.1 Å². The molecule has 2 saturated heterocycles. The van der Waals surface area contributed by atoms with Crippen LogP contribution in [0.2, 0.25) is 0 Å². The molecule has 32 heavy (non-hydrogen) atoms. The first-order valence-corrected chi connectivity index (χ1v) is 13.5. The quantitative estimate of drug-likeness (QED) is 0.310. The second-order valence-corrected chi connectivity index (χ2v) is 10.5. The average Bonchev–Trinajstić information content (AvgIpc) is 2.77. The van der Waals surface area contributed by atoms with E-state index in [0.29, 0.717) is 0 Å². The molecule has 2 heterocycles. The van der Waals surface area contributed by atoms with Crippen molar-refractivity contribution >= 4 is 0 Å². The zero-order valence-electron chi connectivity index (χ0n) is 22.7. The lowest BCUT2D eigenvalue weighted by Crippen LogP contribution is -3.00. The highest BCUT2D eigenvalue weighted by Crippen LogP contribution is 2.17. The van der Waals surface area contributed by atoms with E-state index in [1.54, 1.807) is 0 Å². The van der Waals surface area contributed by atoms with Gasteiger partial charge in [-0.2, -0.15) is 0 Å². The molecule has 0 radical (unpaired) electrons. The van der Waals surface area contributed by atoms with E-state index in [1.165, 1.54) is 139 Å². The van der Waals surface area contributed by atoms with Crippen LogP contribution in [0.15, 0.2) is 0 Å². The number of quaternary nitrogens is 2. The van der Waals surface area contributed by atoms with Crippen LogP contribution in [0.1, 0.15) is 79.1 Å². The average molecular weight is 498 g/mol. The van der Waals surface area contributed by atoms with Gasteiger partial charge in [-0.15, -0.1) is 0 Å². The van der Waals surface area contributed by atoms with Crippen molar-refractivity contribution in [3.63, 3.8) is 0 Å². The highest BCUT2D eigenvalue weighted by Gasteiger charge is 2.31. The minimum atomic E-state index is 0. The standard InChI is InChI=1S/2C13H29N2.2ClH/c2*1-4-6-10-15(11-7-5-2)12-8-14(3)9-13-15;;/h2*4-13H2,1-3H3;2*1H/q2*+1;;/p-2. The summed E-state index contributed by atoms with van der Waals surface area (Å²) in [5.41, 5.74) is 0. The van der Waals surface area contributed by atoms with Gasteiger partial charge in [0, 0.05) is 26.2 Å². The van der Waals surface area contributed by atoms with Crippen molar-refractivity contribution in [1.29, 1.82) is 0 Å². The molecule has 0 aromatic rings. The molecule has 0 aromatic heterocycles. The highest BCUT2D eigenvalue weighted by atomic mass is 35.5. The van der Waals surface area contributed by atoms with E-state index in [9.17, 15) is 0 Å². The zero-order chi connectivity index (χ0) is 22.3. The van der Waals surface area contributed by atoms with E-state index in [2.05, 4.69) is 51.6 Å². The van der Waals surface area contributed by atoms with Gasteiger partial charge in [0.1, 0.15) is 0 Å². The molecule has 0 unspecified atom stereocenters. The smallest absolute Gasteiger partial charge is 0.0916 e. The summed E-state index contributed by atoms with van der Waals surface area (Å²) in [6, 6.07) is 0. The Morgan fingerprint density at radius 3 is 0.875 bits per heavy atom. The summed E-state index contributed by atoms with van der Waals surface area (Å²) in [4.78, 5) is 4.96. The Balaban J connectivity index is 0. The first kappa shape index (κ1) is 34.6. The Hall–Kier alpha value is 0.420. The molecule has 2 aliphatic heterocycles. The summed E-state index contributed by atoms with van der Waals surface area (Å²) in [7, 11) is 4.51. The molecule has 0 atom stereocenters. The molecule has 2 aliphatic rings. The molecule has 0 amide bonds. The highest BCUT2D eigenvalue weighted by molar-refractivity contribution is 4.61. The molecule has 6 heteroatoms. The van der Waals surface area contributed by atoms with Crippen LogP contribution in [0.3, 0.4) is 0 Å². The van der Waals surface area contributed by atoms with Crippen molar-refractivity contribution in [3.05, 3.63) is 0 Å². The molecule has 4 nitrogen and oxygen atoms in total. The maximum Gasteiger partial charge on any atom is 0.0916 e. The number of likely N-dealkylation sites (N-methyl/N-ethyl adjacent to an activating group) is 2. The summed E-state index contributed by atoms with van der Waals surface area (Å²) in [5, 5.41) is 0. The molecule has 0 aliphatic carbocycles. The van der Waals surface area contributed by atoms with Crippen LogP contribution in [0, 0.1) is 0 Å². The Kier molecular flexibility index (Phi) is 21.3. The fraction of sp³-hybridized carbons (Fsp3) is 1.00. The van der Waals surface area contributed by atoms with Crippen molar-refractivity contribution in [2.75, 3.05) is 92.6 Å². The lowest BCUT2D eigenvalue weighted by atomic mass is 10.1. The molecule has 0 bridgehead atoms. The van der Waals surface area contributed by atoms with Gasteiger partial charge in [-0.1, -0.05) is 53.4 Å². The second-order valence-electron chi connectivity index (χ2n) is 10.5.